The summed E-state index contributed by atoms with van der Waals surface area (Å²) in [5.74, 6) is 0. The topological polar surface area (TPSA) is 73.5 Å². The normalized spacial score (nSPS) is 22.2. The SMILES string of the molecule is CNC(=O)NC1CCN(C)C(=O)N1. The molecule has 0 aromatic rings. The Morgan fingerprint density at radius 2 is 2.38 bits per heavy atom. The summed E-state index contributed by atoms with van der Waals surface area (Å²) in [6.45, 7) is 0.653. The Morgan fingerprint density at radius 1 is 1.69 bits per heavy atom. The number of carbonyl (C=O) groups is 2. The van der Waals surface area contributed by atoms with Crippen LogP contribution >= 0.6 is 0 Å². The predicted molar refractivity (Wildman–Crippen MR) is 47.2 cm³/mol. The Bertz CT molecular complexity index is 217. The van der Waals surface area contributed by atoms with Crippen molar-refractivity contribution in [1.29, 1.82) is 0 Å². The van der Waals surface area contributed by atoms with Gasteiger partial charge in [0.15, 0.2) is 0 Å². The molecule has 1 aliphatic heterocycles. The highest BCUT2D eigenvalue weighted by molar-refractivity contribution is 5.77. The van der Waals surface area contributed by atoms with Gasteiger partial charge in [0.25, 0.3) is 0 Å². The number of nitrogens with one attached hydrogen (secondary N) is 3. The Kier molecular flexibility index (Phi) is 2.94. The molecule has 0 aromatic heterocycles. The van der Waals surface area contributed by atoms with Crippen LogP contribution in [0.4, 0.5) is 9.59 Å². The number of nitrogens with zero attached hydrogens (tertiary/aromatic N) is 1. The maximum absolute atomic E-state index is 11.1. The Labute approximate surface area is 76.7 Å². The van der Waals surface area contributed by atoms with Gasteiger partial charge in [-0.25, -0.2) is 9.59 Å². The summed E-state index contributed by atoms with van der Waals surface area (Å²) in [5.41, 5.74) is 0. The molecule has 1 fully saturated rings. The fourth-order valence-corrected chi connectivity index (χ4v) is 1.09. The van der Waals surface area contributed by atoms with E-state index in [0.29, 0.717) is 6.54 Å². The van der Waals surface area contributed by atoms with Gasteiger partial charge in [-0.2, -0.15) is 0 Å². The Balaban J connectivity index is 2.37. The van der Waals surface area contributed by atoms with E-state index < -0.39 is 0 Å². The van der Waals surface area contributed by atoms with Crippen molar-refractivity contribution in [3.8, 4) is 0 Å². The van der Waals surface area contributed by atoms with Crippen LogP contribution in [0.25, 0.3) is 0 Å². The van der Waals surface area contributed by atoms with E-state index >= 15 is 0 Å². The molecular weight excluding hydrogens is 172 g/mol. The van der Waals surface area contributed by atoms with Crippen LogP contribution in [-0.2, 0) is 0 Å². The highest BCUT2D eigenvalue weighted by atomic mass is 16.2. The monoisotopic (exact) mass is 186 g/mol. The molecular formula is C7H14N4O2. The molecule has 3 N–H and O–H groups in total. The first-order chi connectivity index (χ1) is 6.13. The van der Waals surface area contributed by atoms with Gasteiger partial charge in [-0.15, -0.1) is 0 Å². The van der Waals surface area contributed by atoms with Crippen molar-refractivity contribution in [1.82, 2.24) is 20.9 Å². The molecule has 1 heterocycles. The van der Waals surface area contributed by atoms with E-state index in [0.717, 1.165) is 6.42 Å². The predicted octanol–water partition coefficient (Wildman–Crippen LogP) is -0.713. The van der Waals surface area contributed by atoms with Crippen LogP contribution in [0, 0.1) is 0 Å². The molecule has 0 bridgehead atoms. The molecule has 4 amide bonds. The molecule has 0 saturated carbocycles. The average molecular weight is 186 g/mol. The Morgan fingerprint density at radius 3 is 2.92 bits per heavy atom. The van der Waals surface area contributed by atoms with Crippen molar-refractivity contribution >= 4 is 12.1 Å². The van der Waals surface area contributed by atoms with Crippen LogP contribution in [-0.4, -0.2) is 43.8 Å². The molecule has 0 aliphatic carbocycles. The fraction of sp³-hybridized carbons (Fsp3) is 0.714. The van der Waals surface area contributed by atoms with E-state index in [2.05, 4.69) is 16.0 Å². The molecule has 0 aromatic carbocycles. The molecule has 1 saturated heterocycles. The second-order valence-corrected chi connectivity index (χ2v) is 2.94. The van der Waals surface area contributed by atoms with Crippen LogP contribution in [0.3, 0.4) is 0 Å². The van der Waals surface area contributed by atoms with Crippen LogP contribution in [0.1, 0.15) is 6.42 Å². The molecule has 1 rings (SSSR count). The summed E-state index contributed by atoms with van der Waals surface area (Å²) in [6, 6.07) is -0.442. The van der Waals surface area contributed by atoms with Crippen molar-refractivity contribution < 1.29 is 9.59 Å². The second kappa shape index (κ2) is 3.97. The van der Waals surface area contributed by atoms with Gasteiger partial charge in [0.1, 0.15) is 6.17 Å². The fourth-order valence-electron chi connectivity index (χ4n) is 1.09. The molecule has 6 nitrogen and oxygen atoms in total. The number of hydrogen-bond donors (Lipinski definition) is 3. The zero-order chi connectivity index (χ0) is 9.84. The zero-order valence-corrected chi connectivity index (χ0v) is 7.76. The third-order valence-electron chi connectivity index (χ3n) is 1.93. The first-order valence-corrected chi connectivity index (χ1v) is 4.13. The van der Waals surface area contributed by atoms with Gasteiger partial charge in [-0.05, 0) is 0 Å². The van der Waals surface area contributed by atoms with Crippen molar-refractivity contribution in [2.24, 2.45) is 0 Å². The maximum atomic E-state index is 11.1. The van der Waals surface area contributed by atoms with E-state index in [1.807, 2.05) is 0 Å². The summed E-state index contributed by atoms with van der Waals surface area (Å²) in [7, 11) is 3.25. The lowest BCUT2D eigenvalue weighted by atomic mass is 10.3. The highest BCUT2D eigenvalue weighted by Crippen LogP contribution is 2.00. The molecule has 1 aliphatic rings. The van der Waals surface area contributed by atoms with Gasteiger partial charge >= 0.3 is 12.1 Å². The van der Waals surface area contributed by atoms with Gasteiger partial charge in [0.05, 0.1) is 0 Å². The van der Waals surface area contributed by atoms with Crippen molar-refractivity contribution in [3.05, 3.63) is 0 Å². The first kappa shape index (κ1) is 9.63. The molecule has 74 valence electrons. The van der Waals surface area contributed by atoms with Gasteiger partial charge in [0, 0.05) is 27.1 Å². The quantitative estimate of drug-likeness (QED) is 0.506. The molecule has 1 atom stereocenters. The molecule has 0 radical (unpaired) electrons. The lowest BCUT2D eigenvalue weighted by Crippen LogP contribution is -2.58. The number of urea groups is 2. The van der Waals surface area contributed by atoms with E-state index in [9.17, 15) is 9.59 Å². The van der Waals surface area contributed by atoms with Gasteiger partial charge in [-0.1, -0.05) is 0 Å². The minimum absolute atomic E-state index is 0.160. The molecule has 6 heteroatoms. The number of hydrogen-bond acceptors (Lipinski definition) is 2. The van der Waals surface area contributed by atoms with E-state index in [-0.39, 0.29) is 18.2 Å². The first-order valence-electron chi connectivity index (χ1n) is 4.13. The van der Waals surface area contributed by atoms with Gasteiger partial charge in [-0.3, -0.25) is 0 Å². The number of carbonyl (C=O) groups excluding carboxylic acids is 2. The third kappa shape index (κ3) is 2.50. The van der Waals surface area contributed by atoms with E-state index in [1.165, 1.54) is 7.05 Å². The smallest absolute Gasteiger partial charge is 0.318 e. The van der Waals surface area contributed by atoms with Crippen LogP contribution in [0.5, 0.6) is 0 Å². The number of amides is 4. The molecule has 13 heavy (non-hydrogen) atoms. The molecule has 1 unspecified atom stereocenters. The lowest BCUT2D eigenvalue weighted by Gasteiger charge is -2.30. The van der Waals surface area contributed by atoms with Gasteiger partial charge < -0.3 is 20.9 Å². The Hall–Kier alpha value is -1.46. The summed E-state index contributed by atoms with van der Waals surface area (Å²) < 4.78 is 0. The largest absolute Gasteiger partial charge is 0.341 e. The van der Waals surface area contributed by atoms with E-state index in [4.69, 9.17) is 0 Å². The van der Waals surface area contributed by atoms with Crippen molar-refractivity contribution in [2.45, 2.75) is 12.6 Å². The maximum Gasteiger partial charge on any atom is 0.318 e. The minimum atomic E-state index is -0.283. The third-order valence-corrected chi connectivity index (χ3v) is 1.93. The lowest BCUT2D eigenvalue weighted by molar-refractivity contribution is 0.180. The summed E-state index contributed by atoms with van der Waals surface area (Å²) in [4.78, 5) is 23.6. The number of rotatable bonds is 1. The van der Waals surface area contributed by atoms with Gasteiger partial charge in [0.2, 0.25) is 0 Å². The summed E-state index contributed by atoms with van der Waals surface area (Å²) >= 11 is 0. The standard InChI is InChI=1S/C7H14N4O2/c1-8-6(12)9-5-3-4-11(2)7(13)10-5/h5H,3-4H2,1-2H3,(H,10,13)(H2,8,9,12). The highest BCUT2D eigenvalue weighted by Gasteiger charge is 2.22. The average Bonchev–Trinajstić information content (AvgIpc) is 2.11. The summed E-state index contributed by atoms with van der Waals surface area (Å²) in [6.07, 6.45) is 0.457. The second-order valence-electron chi connectivity index (χ2n) is 2.94. The molecule has 0 spiro atoms. The zero-order valence-electron chi connectivity index (χ0n) is 7.76. The van der Waals surface area contributed by atoms with Crippen molar-refractivity contribution in [2.75, 3.05) is 20.6 Å². The minimum Gasteiger partial charge on any atom is -0.341 e. The van der Waals surface area contributed by atoms with Crippen LogP contribution < -0.4 is 16.0 Å². The van der Waals surface area contributed by atoms with Crippen LogP contribution in [0.15, 0.2) is 0 Å². The summed E-state index contributed by atoms with van der Waals surface area (Å²) in [5, 5.41) is 7.68. The van der Waals surface area contributed by atoms with Crippen LogP contribution in [0.2, 0.25) is 0 Å². The van der Waals surface area contributed by atoms with E-state index in [1.54, 1.807) is 11.9 Å². The van der Waals surface area contributed by atoms with Crippen molar-refractivity contribution in [3.63, 3.8) is 0 Å².